The highest BCUT2D eigenvalue weighted by molar-refractivity contribution is 5.49. The van der Waals surface area contributed by atoms with Crippen molar-refractivity contribution in [3.8, 4) is 28.7 Å². The molecule has 2 aromatic carbocycles. The Balaban J connectivity index is 2.11. The summed E-state index contributed by atoms with van der Waals surface area (Å²) in [6, 6.07) is 6.35. The van der Waals surface area contributed by atoms with E-state index in [4.69, 9.17) is 0 Å². The molecule has 0 fully saturated rings. The van der Waals surface area contributed by atoms with Crippen LogP contribution in [0.25, 0.3) is 0 Å². The quantitative estimate of drug-likeness (QED) is 0.473. The average Bonchev–Trinajstić information content (AvgIpc) is 2.38. The van der Waals surface area contributed by atoms with Gasteiger partial charge < -0.3 is 30.6 Å². The molecule has 0 aliphatic rings. The van der Waals surface area contributed by atoms with Crippen molar-refractivity contribution in [3.05, 3.63) is 41.5 Å². The topological polar surface area (TPSA) is 121 Å². The first-order valence-electron chi connectivity index (χ1n) is 6.29. The average molecular weight is 292 g/mol. The Morgan fingerprint density at radius 2 is 1.33 bits per heavy atom. The number of hydrogen-bond donors (Lipinski definition) is 6. The van der Waals surface area contributed by atoms with Crippen molar-refractivity contribution < 1.29 is 30.6 Å². The van der Waals surface area contributed by atoms with Crippen molar-refractivity contribution >= 4 is 0 Å². The Bertz CT molecular complexity index is 630. The summed E-state index contributed by atoms with van der Waals surface area (Å²) in [5.41, 5.74) is 0.721. The molecule has 21 heavy (non-hydrogen) atoms. The summed E-state index contributed by atoms with van der Waals surface area (Å²) in [5, 5.41) is 57.1. The fraction of sp³-hybridized carbons (Fsp3) is 0.200. The number of hydrogen-bond acceptors (Lipinski definition) is 6. The second-order valence-corrected chi connectivity index (χ2v) is 4.85. The van der Waals surface area contributed by atoms with E-state index in [1.807, 2.05) is 0 Å². The van der Waals surface area contributed by atoms with Crippen LogP contribution < -0.4 is 0 Å². The molecule has 2 aromatic rings. The molecule has 0 bridgehead atoms. The number of aliphatic hydroxyl groups excluding tert-OH is 1. The lowest BCUT2D eigenvalue weighted by Crippen LogP contribution is -2.14. The van der Waals surface area contributed by atoms with Crippen LogP contribution in [0.4, 0.5) is 0 Å². The molecule has 0 saturated heterocycles. The van der Waals surface area contributed by atoms with E-state index in [2.05, 4.69) is 0 Å². The van der Waals surface area contributed by atoms with Crippen LogP contribution in [-0.4, -0.2) is 36.7 Å². The Labute approximate surface area is 120 Å². The van der Waals surface area contributed by atoms with Gasteiger partial charge in [-0.2, -0.15) is 0 Å². The molecule has 0 spiro atoms. The smallest absolute Gasteiger partial charge is 0.157 e. The first-order chi connectivity index (χ1) is 9.86. The molecule has 0 saturated carbocycles. The maximum absolute atomic E-state index is 10.0. The summed E-state index contributed by atoms with van der Waals surface area (Å²) < 4.78 is 0. The molecule has 0 aliphatic carbocycles. The van der Waals surface area contributed by atoms with Crippen LogP contribution in [0.5, 0.6) is 28.7 Å². The molecule has 0 aromatic heterocycles. The van der Waals surface area contributed by atoms with Crippen molar-refractivity contribution in [1.29, 1.82) is 0 Å². The molecule has 0 unspecified atom stereocenters. The lowest BCUT2D eigenvalue weighted by molar-refractivity contribution is 0.173. The Morgan fingerprint density at radius 1 is 0.714 bits per heavy atom. The standard InChI is InChI=1S/C15H16O6/c16-9(3-8-1-2-12(18)15(21)4-8)5-11-13(19)6-10(17)7-14(11)20/h1-2,4,6-7,9,16-21H,3,5H2/t9-/m1/s1. The third-order valence-corrected chi connectivity index (χ3v) is 3.14. The first kappa shape index (κ1) is 14.8. The van der Waals surface area contributed by atoms with E-state index >= 15 is 0 Å². The van der Waals surface area contributed by atoms with Gasteiger partial charge in [0.15, 0.2) is 11.5 Å². The molecule has 2 rings (SSSR count). The lowest BCUT2D eigenvalue weighted by Gasteiger charge is -2.14. The van der Waals surface area contributed by atoms with Crippen LogP contribution in [0.2, 0.25) is 0 Å². The monoisotopic (exact) mass is 292 g/mol. The summed E-state index contributed by atoms with van der Waals surface area (Å²) in [4.78, 5) is 0. The third-order valence-electron chi connectivity index (χ3n) is 3.14. The van der Waals surface area contributed by atoms with Crippen molar-refractivity contribution in [2.45, 2.75) is 18.9 Å². The third kappa shape index (κ3) is 3.49. The minimum absolute atomic E-state index is 0.0282. The Morgan fingerprint density at radius 3 is 1.90 bits per heavy atom. The van der Waals surface area contributed by atoms with Gasteiger partial charge in [0.05, 0.1) is 6.10 Å². The minimum atomic E-state index is -0.921. The summed E-state index contributed by atoms with van der Waals surface area (Å²) in [7, 11) is 0. The highest BCUT2D eigenvalue weighted by Gasteiger charge is 2.15. The predicted octanol–water partition coefficient (Wildman–Crippen LogP) is 1.36. The number of aromatic hydroxyl groups is 5. The Hall–Kier alpha value is -2.60. The SMILES string of the molecule is Oc1cc(O)c(C[C@H](O)Cc2ccc(O)c(O)c2)c(O)c1. The van der Waals surface area contributed by atoms with Gasteiger partial charge in [-0.05, 0) is 24.1 Å². The van der Waals surface area contributed by atoms with E-state index in [0.717, 1.165) is 12.1 Å². The van der Waals surface area contributed by atoms with Gasteiger partial charge in [0, 0.05) is 24.1 Å². The summed E-state index contributed by atoms with van der Waals surface area (Å²) >= 11 is 0. The zero-order valence-electron chi connectivity index (χ0n) is 11.1. The Kier molecular flexibility index (Phi) is 4.09. The van der Waals surface area contributed by atoms with Crippen LogP contribution in [0.15, 0.2) is 30.3 Å². The largest absolute Gasteiger partial charge is 0.508 e. The molecule has 6 heteroatoms. The van der Waals surface area contributed by atoms with Gasteiger partial charge in [-0.1, -0.05) is 6.07 Å². The fourth-order valence-electron chi connectivity index (χ4n) is 2.11. The van der Waals surface area contributed by atoms with Gasteiger partial charge in [-0.3, -0.25) is 0 Å². The van der Waals surface area contributed by atoms with Gasteiger partial charge >= 0.3 is 0 Å². The highest BCUT2D eigenvalue weighted by Crippen LogP contribution is 2.33. The number of benzene rings is 2. The molecule has 0 radical (unpaired) electrons. The van der Waals surface area contributed by atoms with E-state index in [1.54, 1.807) is 6.07 Å². The van der Waals surface area contributed by atoms with Gasteiger partial charge in [0.1, 0.15) is 17.2 Å². The van der Waals surface area contributed by atoms with E-state index in [0.29, 0.717) is 5.56 Å². The molecule has 0 amide bonds. The minimum Gasteiger partial charge on any atom is -0.508 e. The second kappa shape index (κ2) is 5.80. The van der Waals surface area contributed by atoms with Gasteiger partial charge in [0.2, 0.25) is 0 Å². The van der Waals surface area contributed by atoms with Crippen molar-refractivity contribution in [3.63, 3.8) is 0 Å². The molecule has 112 valence electrons. The van der Waals surface area contributed by atoms with Crippen LogP contribution in [0, 0.1) is 0 Å². The lowest BCUT2D eigenvalue weighted by atomic mass is 9.99. The highest BCUT2D eigenvalue weighted by atomic mass is 16.3. The first-order valence-corrected chi connectivity index (χ1v) is 6.29. The van der Waals surface area contributed by atoms with E-state index in [9.17, 15) is 30.6 Å². The molecular weight excluding hydrogens is 276 g/mol. The molecule has 6 nitrogen and oxygen atoms in total. The van der Waals surface area contributed by atoms with E-state index in [-0.39, 0.29) is 47.2 Å². The summed E-state index contributed by atoms with van der Waals surface area (Å²) in [6.07, 6.45) is -0.789. The molecule has 1 atom stereocenters. The number of rotatable bonds is 4. The van der Waals surface area contributed by atoms with Crippen molar-refractivity contribution in [1.82, 2.24) is 0 Å². The second-order valence-electron chi connectivity index (χ2n) is 4.85. The maximum atomic E-state index is 10.0. The van der Waals surface area contributed by atoms with Gasteiger partial charge in [-0.25, -0.2) is 0 Å². The van der Waals surface area contributed by atoms with Gasteiger partial charge in [0.25, 0.3) is 0 Å². The van der Waals surface area contributed by atoms with Crippen LogP contribution >= 0.6 is 0 Å². The number of aliphatic hydroxyl groups is 1. The summed E-state index contributed by atoms with van der Waals surface area (Å²) in [5.74, 6) is -1.41. The number of phenolic OH excluding ortho intramolecular Hbond substituents is 5. The fourth-order valence-corrected chi connectivity index (χ4v) is 2.11. The van der Waals surface area contributed by atoms with E-state index in [1.165, 1.54) is 12.1 Å². The molecular formula is C15H16O6. The van der Waals surface area contributed by atoms with E-state index < -0.39 is 6.10 Å². The molecule has 6 N–H and O–H groups in total. The summed E-state index contributed by atoms with van der Waals surface area (Å²) in [6.45, 7) is 0. The molecule has 0 heterocycles. The maximum Gasteiger partial charge on any atom is 0.157 e. The van der Waals surface area contributed by atoms with Crippen LogP contribution in [0.1, 0.15) is 11.1 Å². The molecule has 0 aliphatic heterocycles. The van der Waals surface area contributed by atoms with Gasteiger partial charge in [-0.15, -0.1) is 0 Å². The zero-order chi connectivity index (χ0) is 15.6. The van der Waals surface area contributed by atoms with Crippen LogP contribution in [0.3, 0.4) is 0 Å². The van der Waals surface area contributed by atoms with Crippen molar-refractivity contribution in [2.75, 3.05) is 0 Å². The van der Waals surface area contributed by atoms with Crippen molar-refractivity contribution in [2.24, 2.45) is 0 Å². The van der Waals surface area contributed by atoms with Crippen LogP contribution in [-0.2, 0) is 12.8 Å². The number of phenols is 5. The normalized spacial score (nSPS) is 12.2. The predicted molar refractivity (Wildman–Crippen MR) is 74.6 cm³/mol. The zero-order valence-corrected chi connectivity index (χ0v) is 11.1.